The van der Waals surface area contributed by atoms with Gasteiger partial charge in [-0.2, -0.15) is 4.31 Å². The van der Waals surface area contributed by atoms with Crippen LogP contribution < -0.4 is 11.2 Å². The topological polar surface area (TPSA) is 102 Å². The average molecular weight is 451 g/mol. The maximum absolute atomic E-state index is 13.1. The quantitative estimate of drug-likeness (QED) is 0.657. The highest BCUT2D eigenvalue weighted by Crippen LogP contribution is 2.19. The van der Waals surface area contributed by atoms with Crippen LogP contribution in [0.25, 0.3) is 10.9 Å². The van der Waals surface area contributed by atoms with E-state index in [4.69, 9.17) is 0 Å². The molecule has 1 amide bonds. The molecule has 0 aliphatic carbocycles. The number of sulfonamides is 1. The number of aromatic nitrogens is 2. The molecular formula is C21H30N4O5S. The number of likely N-dealkylation sites (tertiary alicyclic amines) is 1. The molecule has 0 bridgehead atoms. The van der Waals surface area contributed by atoms with Gasteiger partial charge in [-0.15, -0.1) is 0 Å². The molecule has 1 saturated heterocycles. The number of fused-ring (bicyclic) bond motifs is 1. The molecule has 0 unspecified atom stereocenters. The molecule has 31 heavy (non-hydrogen) atoms. The zero-order chi connectivity index (χ0) is 22.8. The minimum absolute atomic E-state index is 0.00940. The van der Waals surface area contributed by atoms with Gasteiger partial charge < -0.3 is 4.90 Å². The van der Waals surface area contributed by atoms with Gasteiger partial charge in [0.25, 0.3) is 5.56 Å². The van der Waals surface area contributed by atoms with Gasteiger partial charge in [0.2, 0.25) is 15.9 Å². The Bertz CT molecular complexity index is 1190. The van der Waals surface area contributed by atoms with E-state index in [1.165, 1.54) is 34.1 Å². The zero-order valence-corrected chi connectivity index (χ0v) is 19.2. The predicted octanol–water partition coefficient (Wildman–Crippen LogP) is 1.13. The van der Waals surface area contributed by atoms with E-state index >= 15 is 0 Å². The Labute approximate surface area is 181 Å². The van der Waals surface area contributed by atoms with Crippen LogP contribution >= 0.6 is 0 Å². The lowest BCUT2D eigenvalue weighted by molar-refractivity contribution is -0.131. The standard InChI is InChI=1S/C21H30N4O5S/c1-4-24(5-2)31(29,30)16-10-11-18-17(14-16)20(27)25(21(28)22(18)3)15-19(26)23-12-8-6-7-9-13-23/h10-11,14H,4-9,12-13,15H2,1-3H3. The summed E-state index contributed by atoms with van der Waals surface area (Å²) >= 11 is 0. The third kappa shape index (κ3) is 4.45. The van der Waals surface area contributed by atoms with E-state index in [9.17, 15) is 22.8 Å². The molecule has 1 aromatic heterocycles. The summed E-state index contributed by atoms with van der Waals surface area (Å²) < 4.78 is 29.3. The SMILES string of the molecule is CCN(CC)S(=O)(=O)c1ccc2c(c1)c(=O)n(CC(=O)N1CCCCCC1)c(=O)n2C. The Balaban J connectivity index is 2.08. The first-order valence-electron chi connectivity index (χ1n) is 10.7. The van der Waals surface area contributed by atoms with Crippen LogP contribution in [-0.2, 0) is 28.4 Å². The van der Waals surface area contributed by atoms with Crippen LogP contribution in [0, 0.1) is 0 Å². The van der Waals surface area contributed by atoms with Crippen molar-refractivity contribution in [2.75, 3.05) is 26.2 Å². The van der Waals surface area contributed by atoms with Crippen molar-refractivity contribution in [3.63, 3.8) is 0 Å². The van der Waals surface area contributed by atoms with Crippen molar-refractivity contribution in [2.45, 2.75) is 51.0 Å². The number of hydrogen-bond donors (Lipinski definition) is 0. The highest BCUT2D eigenvalue weighted by molar-refractivity contribution is 7.89. The van der Waals surface area contributed by atoms with Gasteiger partial charge >= 0.3 is 5.69 Å². The van der Waals surface area contributed by atoms with Crippen molar-refractivity contribution in [3.05, 3.63) is 39.0 Å². The molecule has 1 aliphatic rings. The Kier molecular flexibility index (Phi) is 7.00. The van der Waals surface area contributed by atoms with E-state index in [2.05, 4.69) is 0 Å². The normalized spacial score (nSPS) is 15.4. The number of hydrogen-bond acceptors (Lipinski definition) is 5. The van der Waals surface area contributed by atoms with Crippen LogP contribution in [0.2, 0.25) is 0 Å². The van der Waals surface area contributed by atoms with Crippen LogP contribution in [0.4, 0.5) is 0 Å². The Morgan fingerprint density at radius 2 is 1.65 bits per heavy atom. The summed E-state index contributed by atoms with van der Waals surface area (Å²) in [5.74, 6) is -0.271. The van der Waals surface area contributed by atoms with Gasteiger partial charge in [-0.1, -0.05) is 26.7 Å². The summed E-state index contributed by atoms with van der Waals surface area (Å²) in [4.78, 5) is 40.4. The van der Waals surface area contributed by atoms with Crippen molar-refractivity contribution in [3.8, 4) is 0 Å². The summed E-state index contributed by atoms with van der Waals surface area (Å²) in [5, 5.41) is 0.0963. The van der Waals surface area contributed by atoms with Crippen LogP contribution in [-0.4, -0.2) is 58.8 Å². The molecule has 0 radical (unpaired) electrons. The number of aryl methyl sites for hydroxylation is 1. The number of benzene rings is 1. The molecule has 10 heteroatoms. The molecular weight excluding hydrogens is 420 g/mol. The smallest absolute Gasteiger partial charge is 0.331 e. The molecule has 0 saturated carbocycles. The van der Waals surface area contributed by atoms with Crippen molar-refractivity contribution in [1.29, 1.82) is 0 Å². The molecule has 3 rings (SSSR count). The fourth-order valence-corrected chi connectivity index (χ4v) is 5.55. The number of rotatable bonds is 6. The van der Waals surface area contributed by atoms with Crippen LogP contribution in [0.1, 0.15) is 39.5 Å². The molecule has 1 fully saturated rings. The maximum Gasteiger partial charge on any atom is 0.331 e. The monoisotopic (exact) mass is 450 g/mol. The Morgan fingerprint density at radius 3 is 2.23 bits per heavy atom. The Morgan fingerprint density at radius 1 is 1.03 bits per heavy atom. The summed E-state index contributed by atoms with van der Waals surface area (Å²) in [5.41, 5.74) is -0.926. The summed E-state index contributed by atoms with van der Waals surface area (Å²) in [6, 6.07) is 4.18. The van der Waals surface area contributed by atoms with E-state index in [1.807, 2.05) is 0 Å². The highest BCUT2D eigenvalue weighted by atomic mass is 32.2. The van der Waals surface area contributed by atoms with Gasteiger partial charge in [-0.3, -0.25) is 18.7 Å². The van der Waals surface area contributed by atoms with Crippen LogP contribution in [0.15, 0.2) is 32.7 Å². The fourth-order valence-electron chi connectivity index (χ4n) is 4.06. The van der Waals surface area contributed by atoms with E-state index < -0.39 is 21.3 Å². The lowest BCUT2D eigenvalue weighted by Crippen LogP contribution is -2.44. The molecule has 0 atom stereocenters. The van der Waals surface area contributed by atoms with Crippen LogP contribution in [0.5, 0.6) is 0 Å². The van der Waals surface area contributed by atoms with Crippen molar-refractivity contribution >= 4 is 26.8 Å². The molecule has 1 aromatic carbocycles. The van der Waals surface area contributed by atoms with Gasteiger partial charge in [0.1, 0.15) is 6.54 Å². The van der Waals surface area contributed by atoms with Gasteiger partial charge in [-0.25, -0.2) is 13.2 Å². The molecule has 9 nitrogen and oxygen atoms in total. The first-order chi connectivity index (χ1) is 14.7. The second kappa shape index (κ2) is 9.35. The number of nitrogens with zero attached hydrogens (tertiary/aromatic N) is 4. The highest BCUT2D eigenvalue weighted by Gasteiger charge is 2.24. The molecule has 0 spiro atoms. The third-order valence-electron chi connectivity index (χ3n) is 5.92. The van der Waals surface area contributed by atoms with Crippen molar-refractivity contribution in [2.24, 2.45) is 7.05 Å². The first kappa shape index (κ1) is 23.2. The van der Waals surface area contributed by atoms with Gasteiger partial charge in [0.05, 0.1) is 15.8 Å². The largest absolute Gasteiger partial charge is 0.341 e. The van der Waals surface area contributed by atoms with Crippen molar-refractivity contribution < 1.29 is 13.2 Å². The molecule has 0 N–H and O–H groups in total. The molecule has 170 valence electrons. The zero-order valence-electron chi connectivity index (χ0n) is 18.3. The van der Waals surface area contributed by atoms with E-state index in [1.54, 1.807) is 18.7 Å². The fraction of sp³-hybridized carbons (Fsp3) is 0.571. The lowest BCUT2D eigenvalue weighted by Gasteiger charge is -2.21. The second-order valence-electron chi connectivity index (χ2n) is 7.80. The van der Waals surface area contributed by atoms with Crippen molar-refractivity contribution in [1.82, 2.24) is 18.3 Å². The minimum Gasteiger partial charge on any atom is -0.341 e. The van der Waals surface area contributed by atoms with Gasteiger partial charge in [-0.05, 0) is 31.0 Å². The number of carbonyl (C=O) groups excluding carboxylic acids is 1. The third-order valence-corrected chi connectivity index (χ3v) is 7.96. The summed E-state index contributed by atoms with van der Waals surface area (Å²) in [6.45, 7) is 4.98. The minimum atomic E-state index is -3.77. The summed E-state index contributed by atoms with van der Waals surface area (Å²) in [7, 11) is -2.26. The van der Waals surface area contributed by atoms with Gasteiger partial charge in [0, 0.05) is 33.2 Å². The van der Waals surface area contributed by atoms with Gasteiger partial charge in [0.15, 0.2) is 0 Å². The lowest BCUT2D eigenvalue weighted by atomic mass is 10.2. The van der Waals surface area contributed by atoms with E-state index in [0.717, 1.165) is 30.3 Å². The number of amides is 1. The van der Waals surface area contributed by atoms with E-state index in [-0.39, 0.29) is 22.7 Å². The van der Waals surface area contributed by atoms with Crippen LogP contribution in [0.3, 0.4) is 0 Å². The maximum atomic E-state index is 13.1. The first-order valence-corrected chi connectivity index (χ1v) is 12.2. The summed E-state index contributed by atoms with van der Waals surface area (Å²) in [6.07, 6.45) is 3.93. The number of carbonyl (C=O) groups is 1. The Hall–Kier alpha value is -2.46. The predicted molar refractivity (Wildman–Crippen MR) is 119 cm³/mol. The molecule has 2 aromatic rings. The average Bonchev–Trinajstić information content (AvgIpc) is 3.05. The van der Waals surface area contributed by atoms with E-state index in [0.29, 0.717) is 31.7 Å². The second-order valence-corrected chi connectivity index (χ2v) is 9.73. The molecule has 2 heterocycles. The molecule has 1 aliphatic heterocycles.